The van der Waals surface area contributed by atoms with Gasteiger partial charge in [-0.25, -0.2) is 0 Å². The molecule has 3 heterocycles. The maximum atomic E-state index is 12.6. The molecule has 2 aliphatic rings. The Kier molecular flexibility index (Phi) is 4.25. The van der Waals surface area contributed by atoms with Crippen molar-refractivity contribution in [2.45, 2.75) is 18.9 Å². The first-order valence-corrected chi connectivity index (χ1v) is 8.84. The Labute approximate surface area is 150 Å². The Balaban J connectivity index is 1.44. The Morgan fingerprint density at radius 3 is 2.72 bits per heavy atom. The van der Waals surface area contributed by atoms with E-state index in [1.807, 2.05) is 15.5 Å². The van der Waals surface area contributed by atoms with Crippen LogP contribution in [0.1, 0.15) is 18.0 Å². The lowest BCUT2D eigenvalue weighted by Gasteiger charge is -2.42. The molecule has 25 heavy (non-hydrogen) atoms. The molecule has 5 nitrogen and oxygen atoms in total. The smallest absolute Gasteiger partial charge is 0.260 e. The minimum atomic E-state index is -0.0172. The van der Waals surface area contributed by atoms with E-state index in [1.165, 1.54) is 0 Å². The van der Waals surface area contributed by atoms with Gasteiger partial charge in [0, 0.05) is 42.3 Å². The second-order valence-corrected chi connectivity index (χ2v) is 7.18. The molecule has 1 saturated heterocycles. The average molecular weight is 359 g/mol. The summed E-state index contributed by atoms with van der Waals surface area (Å²) in [7, 11) is 0. The average Bonchev–Trinajstić information content (AvgIpc) is 2.62. The predicted octanol–water partition coefficient (Wildman–Crippen LogP) is 2.53. The molecule has 4 rings (SSSR count). The predicted molar refractivity (Wildman–Crippen MR) is 95.1 cm³/mol. The molecule has 2 aliphatic heterocycles. The van der Waals surface area contributed by atoms with Crippen LogP contribution in [0.5, 0.6) is 5.75 Å². The molecule has 0 N–H and O–H groups in total. The van der Waals surface area contributed by atoms with E-state index in [1.54, 1.807) is 36.4 Å². The van der Waals surface area contributed by atoms with Crippen LogP contribution in [0.3, 0.4) is 0 Å². The van der Waals surface area contributed by atoms with Crippen molar-refractivity contribution in [1.29, 1.82) is 0 Å². The topological polar surface area (TPSA) is 51.5 Å². The van der Waals surface area contributed by atoms with Gasteiger partial charge in [0.05, 0.1) is 0 Å². The number of ether oxygens (including phenoxy) is 1. The van der Waals surface area contributed by atoms with Gasteiger partial charge in [0.1, 0.15) is 5.75 Å². The molecule has 1 fully saturated rings. The zero-order valence-electron chi connectivity index (χ0n) is 13.7. The van der Waals surface area contributed by atoms with Gasteiger partial charge in [-0.3, -0.25) is 9.59 Å². The SMILES string of the molecule is O=C(COc1ccc(Cl)cc1)N1CC2CC(C1)c1cccc(=O)n1C2. The van der Waals surface area contributed by atoms with E-state index in [0.29, 0.717) is 36.3 Å². The largest absolute Gasteiger partial charge is 0.484 e. The Hall–Kier alpha value is -2.27. The number of carbonyl (C=O) groups excluding carboxylic acids is 1. The summed E-state index contributed by atoms with van der Waals surface area (Å²) in [5.74, 6) is 1.16. The van der Waals surface area contributed by atoms with E-state index in [4.69, 9.17) is 16.3 Å². The molecule has 1 aromatic carbocycles. The van der Waals surface area contributed by atoms with Crippen LogP contribution in [-0.2, 0) is 11.3 Å². The third-order valence-electron chi connectivity index (χ3n) is 5.01. The maximum Gasteiger partial charge on any atom is 0.260 e. The summed E-state index contributed by atoms with van der Waals surface area (Å²) in [4.78, 5) is 26.5. The highest BCUT2D eigenvalue weighted by atomic mass is 35.5. The zero-order chi connectivity index (χ0) is 17.4. The summed E-state index contributed by atoms with van der Waals surface area (Å²) in [5.41, 5.74) is 1.10. The van der Waals surface area contributed by atoms with E-state index in [2.05, 4.69) is 0 Å². The highest BCUT2D eigenvalue weighted by Crippen LogP contribution is 2.34. The van der Waals surface area contributed by atoms with E-state index in [9.17, 15) is 9.59 Å². The van der Waals surface area contributed by atoms with Gasteiger partial charge in [-0.2, -0.15) is 0 Å². The lowest BCUT2D eigenvalue weighted by Crippen LogP contribution is -2.50. The second kappa shape index (κ2) is 6.56. The number of halogens is 1. The van der Waals surface area contributed by atoms with Gasteiger partial charge in [0.2, 0.25) is 0 Å². The van der Waals surface area contributed by atoms with Gasteiger partial charge in [0.25, 0.3) is 11.5 Å². The molecular formula is C19H19ClN2O3. The highest BCUT2D eigenvalue weighted by Gasteiger charge is 2.36. The molecule has 130 valence electrons. The number of likely N-dealkylation sites (tertiary alicyclic amines) is 1. The number of carbonyl (C=O) groups is 1. The normalized spacial score (nSPS) is 21.6. The molecule has 2 unspecified atom stereocenters. The number of pyridine rings is 1. The van der Waals surface area contributed by atoms with Crippen LogP contribution in [-0.4, -0.2) is 35.1 Å². The molecule has 1 amide bonds. The Morgan fingerprint density at radius 2 is 1.92 bits per heavy atom. The lowest BCUT2D eigenvalue weighted by atomic mass is 9.83. The van der Waals surface area contributed by atoms with Crippen LogP contribution in [0.2, 0.25) is 5.02 Å². The number of rotatable bonds is 3. The van der Waals surface area contributed by atoms with Gasteiger partial charge >= 0.3 is 0 Å². The van der Waals surface area contributed by atoms with Crippen LogP contribution in [0.15, 0.2) is 47.3 Å². The molecule has 0 radical (unpaired) electrons. The van der Waals surface area contributed by atoms with Gasteiger partial charge in [0.15, 0.2) is 6.61 Å². The Bertz CT molecular complexity index is 846. The van der Waals surface area contributed by atoms with Crippen LogP contribution in [0.25, 0.3) is 0 Å². The van der Waals surface area contributed by atoms with Gasteiger partial charge < -0.3 is 14.2 Å². The van der Waals surface area contributed by atoms with Crippen molar-refractivity contribution in [3.63, 3.8) is 0 Å². The number of hydrogen-bond donors (Lipinski definition) is 0. The summed E-state index contributed by atoms with van der Waals surface area (Å²) in [6.07, 6.45) is 1.03. The summed E-state index contributed by atoms with van der Waals surface area (Å²) >= 11 is 5.85. The van der Waals surface area contributed by atoms with Crippen LogP contribution in [0.4, 0.5) is 0 Å². The standard InChI is InChI=1S/C19H19ClN2O3/c20-15-4-6-16(7-5-15)25-12-19(24)21-9-13-8-14(11-21)17-2-1-3-18(23)22(17)10-13/h1-7,13-14H,8-12H2. The third-order valence-corrected chi connectivity index (χ3v) is 5.26. The first kappa shape index (κ1) is 16.2. The number of piperidine rings is 1. The molecule has 1 aromatic heterocycles. The van der Waals surface area contributed by atoms with Crippen LogP contribution in [0, 0.1) is 5.92 Å². The zero-order valence-corrected chi connectivity index (χ0v) is 14.5. The van der Waals surface area contributed by atoms with Crippen molar-refractivity contribution in [3.8, 4) is 5.75 Å². The first-order valence-electron chi connectivity index (χ1n) is 8.46. The molecule has 0 spiro atoms. The molecular weight excluding hydrogens is 340 g/mol. The van der Waals surface area contributed by atoms with E-state index in [0.717, 1.165) is 12.1 Å². The molecule has 2 aromatic rings. The van der Waals surface area contributed by atoms with Gasteiger partial charge in [-0.05, 0) is 42.7 Å². The summed E-state index contributed by atoms with van der Waals surface area (Å²) in [5, 5.41) is 0.636. The van der Waals surface area contributed by atoms with Crippen molar-refractivity contribution in [2.24, 2.45) is 5.92 Å². The quantitative estimate of drug-likeness (QED) is 0.847. The van der Waals surface area contributed by atoms with Crippen molar-refractivity contribution >= 4 is 17.5 Å². The van der Waals surface area contributed by atoms with Crippen molar-refractivity contribution in [3.05, 3.63) is 63.5 Å². The van der Waals surface area contributed by atoms with Crippen molar-refractivity contribution < 1.29 is 9.53 Å². The minimum absolute atomic E-state index is 0.0165. The monoisotopic (exact) mass is 358 g/mol. The molecule has 6 heteroatoms. The fourth-order valence-corrected chi connectivity index (χ4v) is 3.99. The summed E-state index contributed by atoms with van der Waals surface area (Å²) < 4.78 is 7.45. The molecule has 2 bridgehead atoms. The molecule has 2 atom stereocenters. The lowest BCUT2D eigenvalue weighted by molar-refractivity contribution is -0.136. The third kappa shape index (κ3) is 3.29. The molecule has 0 saturated carbocycles. The Morgan fingerprint density at radius 1 is 1.12 bits per heavy atom. The maximum absolute atomic E-state index is 12.6. The van der Waals surface area contributed by atoms with Gasteiger partial charge in [-0.15, -0.1) is 0 Å². The number of amides is 1. The van der Waals surface area contributed by atoms with Gasteiger partial charge in [-0.1, -0.05) is 17.7 Å². The second-order valence-electron chi connectivity index (χ2n) is 6.74. The van der Waals surface area contributed by atoms with Crippen LogP contribution < -0.4 is 10.3 Å². The first-order chi connectivity index (χ1) is 12.1. The van der Waals surface area contributed by atoms with Crippen LogP contribution >= 0.6 is 11.6 Å². The minimum Gasteiger partial charge on any atom is -0.484 e. The fraction of sp³-hybridized carbons (Fsp3) is 0.368. The number of aromatic nitrogens is 1. The number of benzene rings is 1. The molecule has 0 aliphatic carbocycles. The van der Waals surface area contributed by atoms with E-state index >= 15 is 0 Å². The van der Waals surface area contributed by atoms with Crippen molar-refractivity contribution in [1.82, 2.24) is 9.47 Å². The summed E-state index contributed by atoms with van der Waals surface area (Å²) in [6.45, 7) is 2.03. The fourth-order valence-electron chi connectivity index (χ4n) is 3.87. The highest BCUT2D eigenvalue weighted by molar-refractivity contribution is 6.30. The van der Waals surface area contributed by atoms with Crippen molar-refractivity contribution in [2.75, 3.05) is 19.7 Å². The summed E-state index contributed by atoms with van der Waals surface area (Å²) in [6, 6.07) is 12.4. The number of hydrogen-bond acceptors (Lipinski definition) is 3. The number of nitrogens with zero attached hydrogens (tertiary/aromatic N) is 2. The van der Waals surface area contributed by atoms with E-state index in [-0.39, 0.29) is 24.0 Å². The number of fused-ring (bicyclic) bond motifs is 4. The van der Waals surface area contributed by atoms with E-state index < -0.39 is 0 Å².